The molecule has 0 aromatic heterocycles. The van der Waals surface area contributed by atoms with Crippen LogP contribution in [0.2, 0.25) is 0 Å². The van der Waals surface area contributed by atoms with Gasteiger partial charge in [-0.15, -0.1) is 12.4 Å². The van der Waals surface area contributed by atoms with Crippen LogP contribution in [0.1, 0.15) is 12.8 Å². The summed E-state index contributed by atoms with van der Waals surface area (Å²) in [6.07, 6.45) is 2.35. The Balaban J connectivity index is 0.000000405. The van der Waals surface area contributed by atoms with Gasteiger partial charge in [-0.3, -0.25) is 0 Å². The molecule has 3 atom stereocenters. The maximum atomic E-state index is 8.64. The van der Waals surface area contributed by atoms with E-state index in [0.29, 0.717) is 24.0 Å². The average Bonchev–Trinajstić information content (AvgIpc) is 2.55. The second-order valence-corrected chi connectivity index (χ2v) is 3.13. The van der Waals surface area contributed by atoms with Crippen molar-refractivity contribution < 1.29 is 5.11 Å². The third-order valence-electron chi connectivity index (χ3n) is 2.68. The standard InChI is InChI=1S/C6H11NO.ClH/c7-5-2-6(5)1-4(6)3-8;/h4-5,8H,1-3,7H2;1H/t4-,5-,6+;/m0./s1. The minimum atomic E-state index is 0. The van der Waals surface area contributed by atoms with Crippen LogP contribution in [-0.4, -0.2) is 17.8 Å². The lowest BCUT2D eigenvalue weighted by Gasteiger charge is -1.85. The fraction of sp³-hybridized carbons (Fsp3) is 1.00. The van der Waals surface area contributed by atoms with E-state index in [2.05, 4.69) is 0 Å². The Hall–Kier alpha value is 0.210. The van der Waals surface area contributed by atoms with Gasteiger partial charge in [0.25, 0.3) is 0 Å². The summed E-state index contributed by atoms with van der Waals surface area (Å²) >= 11 is 0. The Morgan fingerprint density at radius 1 is 1.56 bits per heavy atom. The molecular formula is C6H12ClNO. The smallest absolute Gasteiger partial charge is 0.0465 e. The lowest BCUT2D eigenvalue weighted by Crippen LogP contribution is -2.04. The van der Waals surface area contributed by atoms with Crippen molar-refractivity contribution in [1.29, 1.82) is 0 Å². The van der Waals surface area contributed by atoms with Crippen LogP contribution in [0.3, 0.4) is 0 Å². The topological polar surface area (TPSA) is 46.2 Å². The van der Waals surface area contributed by atoms with Gasteiger partial charge in [0.1, 0.15) is 0 Å². The van der Waals surface area contributed by atoms with Crippen LogP contribution in [0.4, 0.5) is 0 Å². The SMILES string of the molecule is Cl.N[C@H]1C[C@@]12C[C@H]2CO. The van der Waals surface area contributed by atoms with Crippen LogP contribution >= 0.6 is 12.4 Å². The van der Waals surface area contributed by atoms with E-state index in [-0.39, 0.29) is 12.4 Å². The molecule has 3 heteroatoms. The Bertz CT molecular complexity index is 130. The van der Waals surface area contributed by atoms with Gasteiger partial charge in [-0.2, -0.15) is 0 Å². The van der Waals surface area contributed by atoms with Crippen LogP contribution in [0, 0.1) is 11.3 Å². The van der Waals surface area contributed by atoms with Gasteiger partial charge in [0.15, 0.2) is 0 Å². The number of rotatable bonds is 1. The van der Waals surface area contributed by atoms with E-state index in [1.807, 2.05) is 0 Å². The van der Waals surface area contributed by atoms with Crippen molar-refractivity contribution in [2.24, 2.45) is 17.1 Å². The molecule has 0 radical (unpaired) electrons. The fourth-order valence-electron chi connectivity index (χ4n) is 1.70. The van der Waals surface area contributed by atoms with Gasteiger partial charge in [0.05, 0.1) is 0 Å². The number of hydrogen-bond acceptors (Lipinski definition) is 2. The summed E-state index contributed by atoms with van der Waals surface area (Å²) in [6.45, 7) is 0.355. The highest BCUT2D eigenvalue weighted by atomic mass is 35.5. The molecule has 0 heterocycles. The van der Waals surface area contributed by atoms with Crippen LogP contribution in [0.5, 0.6) is 0 Å². The molecule has 0 aromatic rings. The molecule has 2 saturated carbocycles. The van der Waals surface area contributed by atoms with Crippen LogP contribution in [0.15, 0.2) is 0 Å². The predicted octanol–water partition coefficient (Wildman–Crippen LogP) is 0.138. The van der Waals surface area contributed by atoms with Crippen LogP contribution in [0.25, 0.3) is 0 Å². The summed E-state index contributed by atoms with van der Waals surface area (Å²) in [4.78, 5) is 0. The van der Waals surface area contributed by atoms with Crippen molar-refractivity contribution in [3.8, 4) is 0 Å². The molecule has 2 fully saturated rings. The highest BCUT2D eigenvalue weighted by Crippen LogP contribution is 2.69. The molecule has 54 valence electrons. The van der Waals surface area contributed by atoms with Gasteiger partial charge in [-0.1, -0.05) is 0 Å². The zero-order chi connectivity index (χ0) is 5.78. The maximum Gasteiger partial charge on any atom is 0.0465 e. The number of aliphatic hydroxyl groups excluding tert-OH is 1. The summed E-state index contributed by atoms with van der Waals surface area (Å²) in [7, 11) is 0. The van der Waals surface area contributed by atoms with Crippen molar-refractivity contribution in [2.45, 2.75) is 18.9 Å². The summed E-state index contributed by atoms with van der Waals surface area (Å²) in [5.41, 5.74) is 6.07. The van der Waals surface area contributed by atoms with Crippen molar-refractivity contribution in [2.75, 3.05) is 6.61 Å². The van der Waals surface area contributed by atoms with E-state index in [9.17, 15) is 0 Å². The minimum absolute atomic E-state index is 0. The molecule has 2 aliphatic carbocycles. The maximum absolute atomic E-state index is 8.64. The lowest BCUT2D eigenvalue weighted by atomic mass is 10.3. The van der Waals surface area contributed by atoms with Crippen LogP contribution < -0.4 is 5.73 Å². The van der Waals surface area contributed by atoms with Gasteiger partial charge >= 0.3 is 0 Å². The first-order valence-corrected chi connectivity index (χ1v) is 3.16. The Morgan fingerprint density at radius 3 is 2.22 bits per heavy atom. The Morgan fingerprint density at radius 2 is 2.11 bits per heavy atom. The quantitative estimate of drug-likeness (QED) is 0.557. The monoisotopic (exact) mass is 149 g/mol. The number of hydrogen-bond donors (Lipinski definition) is 2. The zero-order valence-electron chi connectivity index (χ0n) is 5.21. The molecule has 0 aromatic carbocycles. The highest BCUT2D eigenvalue weighted by Gasteiger charge is 2.68. The minimum Gasteiger partial charge on any atom is -0.396 e. The average molecular weight is 150 g/mol. The largest absolute Gasteiger partial charge is 0.396 e. The summed E-state index contributed by atoms with van der Waals surface area (Å²) in [5, 5.41) is 8.64. The molecule has 2 rings (SSSR count). The van der Waals surface area contributed by atoms with E-state index < -0.39 is 0 Å². The first kappa shape index (κ1) is 7.32. The van der Waals surface area contributed by atoms with Gasteiger partial charge in [-0.05, 0) is 24.2 Å². The molecule has 1 spiro atoms. The van der Waals surface area contributed by atoms with Crippen molar-refractivity contribution in [3.63, 3.8) is 0 Å². The molecule has 9 heavy (non-hydrogen) atoms. The van der Waals surface area contributed by atoms with E-state index in [1.54, 1.807) is 0 Å². The molecule has 0 unspecified atom stereocenters. The molecule has 2 aliphatic rings. The van der Waals surface area contributed by atoms with E-state index >= 15 is 0 Å². The molecular weight excluding hydrogens is 138 g/mol. The predicted molar refractivity (Wildman–Crippen MR) is 37.5 cm³/mol. The first-order chi connectivity index (χ1) is 3.79. The van der Waals surface area contributed by atoms with E-state index in [4.69, 9.17) is 10.8 Å². The van der Waals surface area contributed by atoms with E-state index in [1.165, 1.54) is 6.42 Å². The van der Waals surface area contributed by atoms with Gasteiger partial charge in [0.2, 0.25) is 0 Å². The van der Waals surface area contributed by atoms with Gasteiger partial charge in [0, 0.05) is 12.6 Å². The number of aliphatic hydroxyl groups is 1. The summed E-state index contributed by atoms with van der Waals surface area (Å²) in [5.74, 6) is 0.567. The molecule has 0 aliphatic heterocycles. The normalized spacial score (nSPS) is 52.7. The lowest BCUT2D eigenvalue weighted by molar-refractivity contribution is 0.266. The zero-order valence-corrected chi connectivity index (χ0v) is 6.03. The molecule has 0 saturated heterocycles. The molecule has 0 amide bonds. The first-order valence-electron chi connectivity index (χ1n) is 3.16. The Kier molecular flexibility index (Phi) is 1.50. The van der Waals surface area contributed by atoms with Crippen molar-refractivity contribution in [3.05, 3.63) is 0 Å². The van der Waals surface area contributed by atoms with Crippen molar-refractivity contribution in [1.82, 2.24) is 0 Å². The second kappa shape index (κ2) is 1.84. The second-order valence-electron chi connectivity index (χ2n) is 3.13. The molecule has 2 nitrogen and oxygen atoms in total. The van der Waals surface area contributed by atoms with Gasteiger partial charge < -0.3 is 10.8 Å². The highest BCUT2D eigenvalue weighted by molar-refractivity contribution is 5.85. The van der Waals surface area contributed by atoms with Gasteiger partial charge in [-0.25, -0.2) is 0 Å². The Labute approximate surface area is 60.8 Å². The third kappa shape index (κ3) is 0.775. The number of nitrogens with two attached hydrogens (primary N) is 1. The van der Waals surface area contributed by atoms with E-state index in [0.717, 1.165) is 6.42 Å². The number of halogens is 1. The third-order valence-corrected chi connectivity index (χ3v) is 2.68. The molecule has 0 bridgehead atoms. The summed E-state index contributed by atoms with van der Waals surface area (Å²) in [6, 6.07) is 0.430. The summed E-state index contributed by atoms with van der Waals surface area (Å²) < 4.78 is 0. The van der Waals surface area contributed by atoms with Crippen LogP contribution in [-0.2, 0) is 0 Å². The van der Waals surface area contributed by atoms with Crippen molar-refractivity contribution >= 4 is 12.4 Å². The fourth-order valence-corrected chi connectivity index (χ4v) is 1.70. The molecule has 3 N–H and O–H groups in total.